The average Bonchev–Trinajstić information content (AvgIpc) is 2.30. The predicted octanol–water partition coefficient (Wildman–Crippen LogP) is 4.30. The van der Waals surface area contributed by atoms with Crippen molar-refractivity contribution in [3.8, 4) is 0 Å². The van der Waals surface area contributed by atoms with Gasteiger partial charge in [0, 0.05) is 4.83 Å². The van der Waals surface area contributed by atoms with Crippen LogP contribution < -0.4 is 0 Å². The third kappa shape index (κ3) is 2.62. The van der Waals surface area contributed by atoms with Gasteiger partial charge in [-0.25, -0.2) is 0 Å². The molecule has 0 heterocycles. The lowest BCUT2D eigenvalue weighted by molar-refractivity contribution is 0.332. The van der Waals surface area contributed by atoms with E-state index in [-0.39, 0.29) is 0 Å². The fraction of sp³-hybridized carbons (Fsp3) is 0.818. The van der Waals surface area contributed by atoms with Gasteiger partial charge in [0.2, 0.25) is 0 Å². The summed E-state index contributed by atoms with van der Waals surface area (Å²) in [6.45, 7) is 8.69. The van der Waals surface area contributed by atoms with Gasteiger partial charge >= 0.3 is 0 Å². The van der Waals surface area contributed by atoms with Gasteiger partial charge in [-0.15, -0.1) is 0 Å². The van der Waals surface area contributed by atoms with E-state index < -0.39 is 0 Å². The molecule has 0 nitrogen and oxygen atoms in total. The molecule has 2 unspecified atom stereocenters. The lowest BCUT2D eigenvalue weighted by Gasteiger charge is -2.24. The molecule has 0 aromatic carbocycles. The van der Waals surface area contributed by atoms with Crippen molar-refractivity contribution in [1.82, 2.24) is 0 Å². The van der Waals surface area contributed by atoms with Crippen LogP contribution in [0.2, 0.25) is 0 Å². The normalized spacial score (nSPS) is 35.4. The van der Waals surface area contributed by atoms with Crippen molar-refractivity contribution in [2.45, 2.75) is 50.8 Å². The van der Waals surface area contributed by atoms with Crippen LogP contribution in [0.25, 0.3) is 0 Å². The van der Waals surface area contributed by atoms with Crippen molar-refractivity contribution in [2.24, 2.45) is 5.41 Å². The van der Waals surface area contributed by atoms with Crippen LogP contribution in [0, 0.1) is 5.41 Å². The second kappa shape index (κ2) is 3.95. The Bertz CT molecular complexity index is 174. The first kappa shape index (κ1) is 10.3. The van der Waals surface area contributed by atoms with Gasteiger partial charge in [0.05, 0.1) is 0 Å². The van der Waals surface area contributed by atoms with Crippen LogP contribution in [0.4, 0.5) is 0 Å². The Morgan fingerprint density at radius 3 is 2.75 bits per heavy atom. The van der Waals surface area contributed by atoms with Crippen LogP contribution in [-0.2, 0) is 0 Å². The number of halogens is 1. The molecule has 2 atom stereocenters. The third-order valence-electron chi connectivity index (χ3n) is 2.95. The van der Waals surface area contributed by atoms with E-state index in [9.17, 15) is 0 Å². The van der Waals surface area contributed by atoms with E-state index in [1.165, 1.54) is 31.3 Å². The molecule has 1 fully saturated rings. The van der Waals surface area contributed by atoms with Gasteiger partial charge in [0.15, 0.2) is 0 Å². The molecule has 70 valence electrons. The van der Waals surface area contributed by atoms with Crippen molar-refractivity contribution >= 4 is 15.9 Å². The maximum absolute atomic E-state index is 4.09. The minimum absolute atomic E-state index is 0.543. The first-order chi connectivity index (χ1) is 5.56. The average molecular weight is 231 g/mol. The van der Waals surface area contributed by atoms with Crippen molar-refractivity contribution in [2.75, 3.05) is 0 Å². The molecule has 1 saturated carbocycles. The van der Waals surface area contributed by atoms with Crippen LogP contribution in [-0.4, -0.2) is 4.83 Å². The van der Waals surface area contributed by atoms with Gasteiger partial charge in [-0.3, -0.25) is 0 Å². The Labute approximate surface area is 84.6 Å². The second-order valence-corrected chi connectivity index (χ2v) is 5.73. The van der Waals surface area contributed by atoms with Crippen LogP contribution in [0.3, 0.4) is 0 Å². The number of hydrogen-bond donors (Lipinski definition) is 0. The highest BCUT2D eigenvalue weighted by atomic mass is 79.9. The Kier molecular flexibility index (Phi) is 3.39. The number of allylic oxidation sites excluding steroid dienone is 1. The number of alkyl halides is 1. The standard InChI is InChI=1S/C11H19Br/c1-4-9(2)7-11(3)6-5-10(12)8-11/h10H,2,4-8H2,1,3H3. The van der Waals surface area contributed by atoms with Crippen LogP contribution in [0.5, 0.6) is 0 Å². The summed E-state index contributed by atoms with van der Waals surface area (Å²) >= 11 is 3.70. The van der Waals surface area contributed by atoms with Crippen molar-refractivity contribution in [3.63, 3.8) is 0 Å². The Hall–Kier alpha value is 0.220. The zero-order chi connectivity index (χ0) is 9.19. The zero-order valence-electron chi connectivity index (χ0n) is 8.20. The first-order valence-corrected chi connectivity index (χ1v) is 5.78. The van der Waals surface area contributed by atoms with E-state index in [2.05, 4.69) is 36.4 Å². The van der Waals surface area contributed by atoms with Gasteiger partial charge < -0.3 is 0 Å². The van der Waals surface area contributed by atoms with Gasteiger partial charge in [-0.2, -0.15) is 0 Å². The summed E-state index contributed by atoms with van der Waals surface area (Å²) in [6.07, 6.45) is 6.40. The molecule has 1 rings (SSSR count). The minimum atomic E-state index is 0.543. The lowest BCUT2D eigenvalue weighted by Crippen LogP contribution is -2.12. The first-order valence-electron chi connectivity index (χ1n) is 4.86. The molecule has 0 aromatic rings. The molecule has 0 bridgehead atoms. The monoisotopic (exact) mass is 230 g/mol. The van der Waals surface area contributed by atoms with Crippen LogP contribution in [0.1, 0.15) is 46.0 Å². The fourth-order valence-electron chi connectivity index (χ4n) is 2.13. The highest BCUT2D eigenvalue weighted by Gasteiger charge is 2.33. The van der Waals surface area contributed by atoms with Crippen LogP contribution >= 0.6 is 15.9 Å². The predicted molar refractivity (Wildman–Crippen MR) is 58.7 cm³/mol. The largest absolute Gasteiger partial charge is 0.0999 e. The summed E-state index contributed by atoms with van der Waals surface area (Å²) in [5.41, 5.74) is 1.96. The Morgan fingerprint density at radius 1 is 1.67 bits per heavy atom. The van der Waals surface area contributed by atoms with Gasteiger partial charge in [0.25, 0.3) is 0 Å². The van der Waals surface area contributed by atoms with E-state index in [0.29, 0.717) is 5.41 Å². The molecule has 0 aliphatic heterocycles. The summed E-state index contributed by atoms with van der Waals surface area (Å²) in [6, 6.07) is 0. The molecule has 1 aliphatic carbocycles. The second-order valence-electron chi connectivity index (χ2n) is 4.43. The molecular weight excluding hydrogens is 212 g/mol. The van der Waals surface area contributed by atoms with E-state index in [1.54, 1.807) is 0 Å². The minimum Gasteiger partial charge on any atom is -0.0999 e. The third-order valence-corrected chi connectivity index (χ3v) is 3.73. The van der Waals surface area contributed by atoms with Gasteiger partial charge in [0.1, 0.15) is 0 Å². The van der Waals surface area contributed by atoms with E-state index in [1.807, 2.05) is 0 Å². The lowest BCUT2D eigenvalue weighted by atomic mass is 9.82. The van der Waals surface area contributed by atoms with E-state index in [0.717, 1.165) is 11.2 Å². The summed E-state index contributed by atoms with van der Waals surface area (Å²) in [7, 11) is 0. The molecular formula is C11H19Br. The molecule has 1 aliphatic rings. The SMILES string of the molecule is C=C(CC)CC1(C)CCC(Br)C1. The van der Waals surface area contributed by atoms with Crippen LogP contribution in [0.15, 0.2) is 12.2 Å². The maximum Gasteiger partial charge on any atom is 0.0151 e. The molecule has 1 heteroatoms. The quantitative estimate of drug-likeness (QED) is 0.502. The maximum atomic E-state index is 4.09. The molecule has 0 saturated heterocycles. The fourth-order valence-corrected chi connectivity index (χ4v) is 3.14. The molecule has 0 N–H and O–H groups in total. The molecule has 0 aromatic heterocycles. The topological polar surface area (TPSA) is 0 Å². The highest BCUT2D eigenvalue weighted by molar-refractivity contribution is 9.09. The van der Waals surface area contributed by atoms with E-state index in [4.69, 9.17) is 0 Å². The molecule has 0 amide bonds. The smallest absolute Gasteiger partial charge is 0.0151 e. The van der Waals surface area contributed by atoms with Crippen molar-refractivity contribution < 1.29 is 0 Å². The summed E-state index contributed by atoms with van der Waals surface area (Å²) < 4.78 is 0. The van der Waals surface area contributed by atoms with Gasteiger partial charge in [-0.1, -0.05) is 41.9 Å². The van der Waals surface area contributed by atoms with Gasteiger partial charge in [-0.05, 0) is 37.5 Å². The van der Waals surface area contributed by atoms with Crippen molar-refractivity contribution in [3.05, 3.63) is 12.2 Å². The summed E-state index contributed by atoms with van der Waals surface area (Å²) in [4.78, 5) is 0.757. The van der Waals surface area contributed by atoms with E-state index >= 15 is 0 Å². The molecule has 0 radical (unpaired) electrons. The zero-order valence-corrected chi connectivity index (χ0v) is 9.78. The molecule has 0 spiro atoms. The van der Waals surface area contributed by atoms with Crippen molar-refractivity contribution in [1.29, 1.82) is 0 Å². The highest BCUT2D eigenvalue weighted by Crippen LogP contribution is 2.45. The summed E-state index contributed by atoms with van der Waals surface area (Å²) in [5.74, 6) is 0. The number of rotatable bonds is 3. The Morgan fingerprint density at radius 2 is 2.33 bits per heavy atom. The number of hydrogen-bond acceptors (Lipinski definition) is 0. The molecule has 12 heavy (non-hydrogen) atoms. The Balaban J connectivity index is 2.45. The summed E-state index contributed by atoms with van der Waals surface area (Å²) in [5, 5.41) is 0.